The van der Waals surface area contributed by atoms with E-state index in [9.17, 15) is 9.59 Å². The van der Waals surface area contributed by atoms with E-state index in [1.807, 2.05) is 5.38 Å². The SMILES string of the molecule is CC(=O)OC1CN[C@@H](c2csc(NC(=O)NCc3ccc(Cl)c(Cl)c3)n2)C1. The number of hydrogen-bond donors (Lipinski definition) is 3. The van der Waals surface area contributed by atoms with Crippen molar-refractivity contribution in [2.45, 2.75) is 32.0 Å². The first-order chi connectivity index (χ1) is 12.9. The van der Waals surface area contributed by atoms with E-state index in [1.165, 1.54) is 18.3 Å². The molecular formula is C17H18Cl2N4O3S. The second-order valence-corrected chi connectivity index (χ2v) is 7.73. The molecule has 2 atom stereocenters. The zero-order chi connectivity index (χ0) is 19.4. The fraction of sp³-hybridized carbons (Fsp3) is 0.353. The monoisotopic (exact) mass is 428 g/mol. The lowest BCUT2D eigenvalue weighted by molar-refractivity contribution is -0.145. The molecule has 2 amide bonds. The summed E-state index contributed by atoms with van der Waals surface area (Å²) in [5.41, 5.74) is 1.65. The van der Waals surface area contributed by atoms with Gasteiger partial charge in [0.05, 0.1) is 21.8 Å². The van der Waals surface area contributed by atoms with Crippen LogP contribution in [0.5, 0.6) is 0 Å². The van der Waals surface area contributed by atoms with E-state index in [2.05, 4.69) is 20.9 Å². The van der Waals surface area contributed by atoms with Crippen molar-refractivity contribution in [3.05, 3.63) is 44.9 Å². The molecular weight excluding hydrogens is 411 g/mol. The van der Waals surface area contributed by atoms with Crippen molar-refractivity contribution in [1.82, 2.24) is 15.6 Å². The second-order valence-electron chi connectivity index (χ2n) is 6.06. The quantitative estimate of drug-likeness (QED) is 0.630. The van der Waals surface area contributed by atoms with Crippen molar-refractivity contribution in [2.75, 3.05) is 11.9 Å². The molecule has 7 nitrogen and oxygen atoms in total. The number of rotatable bonds is 5. The number of amides is 2. The van der Waals surface area contributed by atoms with Crippen LogP contribution < -0.4 is 16.0 Å². The van der Waals surface area contributed by atoms with Crippen molar-refractivity contribution in [3.63, 3.8) is 0 Å². The number of carbonyl (C=O) groups is 2. The third-order valence-corrected chi connectivity index (χ3v) is 5.47. The number of anilines is 1. The molecule has 144 valence electrons. The molecule has 0 spiro atoms. The summed E-state index contributed by atoms with van der Waals surface area (Å²) in [6, 6.07) is 4.82. The lowest BCUT2D eigenvalue weighted by Gasteiger charge is -2.09. The maximum absolute atomic E-state index is 12.1. The van der Waals surface area contributed by atoms with Gasteiger partial charge in [0.1, 0.15) is 6.10 Å². The van der Waals surface area contributed by atoms with Crippen molar-refractivity contribution in [2.24, 2.45) is 0 Å². The number of benzene rings is 1. The van der Waals surface area contributed by atoms with Crippen LogP contribution in [0.1, 0.15) is 30.6 Å². The van der Waals surface area contributed by atoms with Crippen LogP contribution in [0.4, 0.5) is 9.93 Å². The van der Waals surface area contributed by atoms with E-state index < -0.39 is 0 Å². The Hall–Kier alpha value is -1.87. The first-order valence-corrected chi connectivity index (χ1v) is 9.89. The number of ether oxygens (including phenoxy) is 1. The van der Waals surface area contributed by atoms with E-state index in [4.69, 9.17) is 27.9 Å². The Kier molecular flexibility index (Phi) is 6.54. The minimum Gasteiger partial charge on any atom is -0.461 e. The van der Waals surface area contributed by atoms with E-state index in [-0.39, 0.29) is 24.1 Å². The molecule has 1 unspecified atom stereocenters. The molecule has 0 bridgehead atoms. The second kappa shape index (κ2) is 8.88. The maximum atomic E-state index is 12.1. The molecule has 1 aromatic carbocycles. The van der Waals surface area contributed by atoms with Gasteiger partial charge in [-0.25, -0.2) is 9.78 Å². The van der Waals surface area contributed by atoms with Gasteiger partial charge in [0, 0.05) is 31.8 Å². The summed E-state index contributed by atoms with van der Waals surface area (Å²) < 4.78 is 5.20. The van der Waals surface area contributed by atoms with Gasteiger partial charge in [0.25, 0.3) is 0 Å². The van der Waals surface area contributed by atoms with Gasteiger partial charge >= 0.3 is 12.0 Å². The molecule has 10 heteroatoms. The molecule has 0 saturated carbocycles. The van der Waals surface area contributed by atoms with E-state index in [0.29, 0.717) is 34.7 Å². The molecule has 3 N–H and O–H groups in total. The highest BCUT2D eigenvalue weighted by Gasteiger charge is 2.29. The van der Waals surface area contributed by atoms with Gasteiger partial charge in [-0.15, -0.1) is 11.3 Å². The lowest BCUT2D eigenvalue weighted by Crippen LogP contribution is -2.28. The Morgan fingerprint density at radius 3 is 2.93 bits per heavy atom. The number of aromatic nitrogens is 1. The van der Waals surface area contributed by atoms with Crippen molar-refractivity contribution >= 4 is 51.7 Å². The summed E-state index contributed by atoms with van der Waals surface area (Å²) >= 11 is 13.2. The van der Waals surface area contributed by atoms with Crippen LogP contribution in [0, 0.1) is 0 Å². The van der Waals surface area contributed by atoms with Gasteiger partial charge in [-0.2, -0.15) is 0 Å². The van der Waals surface area contributed by atoms with E-state index >= 15 is 0 Å². The standard InChI is InChI=1S/C17H18Cl2N4O3S/c1-9(24)26-11-5-14(20-7-11)15-8-27-17(22-15)23-16(25)21-6-10-2-3-12(18)13(19)4-10/h2-4,8,11,14,20H,5-7H2,1H3,(H2,21,22,23,25)/t11?,14-/m1/s1. The summed E-state index contributed by atoms with van der Waals surface area (Å²) in [6.45, 7) is 2.30. The molecule has 1 aliphatic heterocycles. The van der Waals surface area contributed by atoms with Crippen LogP contribution in [0.25, 0.3) is 0 Å². The topological polar surface area (TPSA) is 92.4 Å². The predicted molar refractivity (Wildman–Crippen MR) is 105 cm³/mol. The van der Waals surface area contributed by atoms with Gasteiger partial charge in [0.2, 0.25) is 0 Å². The number of esters is 1. The van der Waals surface area contributed by atoms with Crippen molar-refractivity contribution in [1.29, 1.82) is 0 Å². The molecule has 1 saturated heterocycles. The molecule has 27 heavy (non-hydrogen) atoms. The Balaban J connectivity index is 1.49. The lowest BCUT2D eigenvalue weighted by atomic mass is 10.1. The normalized spacial score (nSPS) is 18.9. The molecule has 2 heterocycles. The van der Waals surface area contributed by atoms with Gasteiger partial charge in [-0.3, -0.25) is 10.1 Å². The van der Waals surface area contributed by atoms with Crippen LogP contribution in [-0.2, 0) is 16.1 Å². The average Bonchev–Trinajstić information content (AvgIpc) is 3.25. The highest BCUT2D eigenvalue weighted by molar-refractivity contribution is 7.13. The number of hydrogen-bond acceptors (Lipinski definition) is 6. The molecule has 2 aromatic rings. The highest BCUT2D eigenvalue weighted by atomic mass is 35.5. The minimum absolute atomic E-state index is 0.000389. The molecule has 0 aliphatic carbocycles. The van der Waals surface area contributed by atoms with Crippen LogP contribution in [0.2, 0.25) is 10.0 Å². The van der Waals surface area contributed by atoms with Crippen molar-refractivity contribution in [3.8, 4) is 0 Å². The Morgan fingerprint density at radius 1 is 1.37 bits per heavy atom. The summed E-state index contributed by atoms with van der Waals surface area (Å²) in [5, 5.41) is 12.0. The van der Waals surface area contributed by atoms with Gasteiger partial charge < -0.3 is 15.4 Å². The first-order valence-electron chi connectivity index (χ1n) is 8.25. The fourth-order valence-electron chi connectivity index (χ4n) is 2.73. The molecule has 3 rings (SSSR count). The Bertz CT molecular complexity index is 845. The van der Waals surface area contributed by atoms with Gasteiger partial charge in [-0.1, -0.05) is 29.3 Å². The third kappa shape index (κ3) is 5.55. The number of thiazole rings is 1. The summed E-state index contributed by atoms with van der Waals surface area (Å²) in [6.07, 6.45) is 0.506. The van der Waals surface area contributed by atoms with Crippen LogP contribution in [0.3, 0.4) is 0 Å². The number of carbonyl (C=O) groups excluding carboxylic acids is 2. The summed E-state index contributed by atoms with van der Waals surface area (Å²) in [5.74, 6) is -0.290. The highest BCUT2D eigenvalue weighted by Crippen LogP contribution is 2.28. The predicted octanol–water partition coefficient (Wildman–Crippen LogP) is 3.74. The number of urea groups is 1. The average molecular weight is 429 g/mol. The number of halogens is 2. The van der Waals surface area contributed by atoms with Crippen molar-refractivity contribution < 1.29 is 14.3 Å². The maximum Gasteiger partial charge on any atom is 0.321 e. The Morgan fingerprint density at radius 2 is 2.19 bits per heavy atom. The van der Waals surface area contributed by atoms with Crippen LogP contribution in [0.15, 0.2) is 23.6 Å². The largest absolute Gasteiger partial charge is 0.461 e. The zero-order valence-electron chi connectivity index (χ0n) is 14.4. The third-order valence-electron chi connectivity index (χ3n) is 3.96. The smallest absolute Gasteiger partial charge is 0.321 e. The molecule has 0 radical (unpaired) electrons. The fourth-order valence-corrected chi connectivity index (χ4v) is 3.81. The summed E-state index contributed by atoms with van der Waals surface area (Å²) in [7, 11) is 0. The van der Waals surface area contributed by atoms with Gasteiger partial charge in [0.15, 0.2) is 5.13 Å². The van der Waals surface area contributed by atoms with Gasteiger partial charge in [-0.05, 0) is 17.7 Å². The number of nitrogens with one attached hydrogen (secondary N) is 3. The number of nitrogens with zero attached hydrogens (tertiary/aromatic N) is 1. The summed E-state index contributed by atoms with van der Waals surface area (Å²) in [4.78, 5) is 27.5. The molecule has 1 aliphatic rings. The first kappa shape index (κ1) is 19.9. The Labute approximate surface area is 170 Å². The molecule has 1 aromatic heterocycles. The zero-order valence-corrected chi connectivity index (χ0v) is 16.7. The van der Waals surface area contributed by atoms with Crippen LogP contribution >= 0.6 is 34.5 Å². The minimum atomic E-state index is -0.362. The van der Waals surface area contributed by atoms with Crippen LogP contribution in [-0.4, -0.2) is 29.6 Å². The van der Waals surface area contributed by atoms with E-state index in [0.717, 1.165) is 11.3 Å². The van der Waals surface area contributed by atoms with E-state index in [1.54, 1.807) is 18.2 Å². The molecule has 1 fully saturated rings.